The van der Waals surface area contributed by atoms with Crippen LogP contribution >= 0.6 is 0 Å². The maximum Gasteiger partial charge on any atom is 0.490 e. The first-order valence-electron chi connectivity index (χ1n) is 7.48. The zero-order valence-electron chi connectivity index (χ0n) is 13.5. The van der Waals surface area contributed by atoms with E-state index in [-0.39, 0.29) is 5.91 Å². The summed E-state index contributed by atoms with van der Waals surface area (Å²) in [5, 5.41) is 21.6. The van der Waals surface area contributed by atoms with E-state index in [9.17, 15) is 22.8 Å². The normalized spacial score (nSPS) is 17.9. The van der Waals surface area contributed by atoms with E-state index in [1.165, 1.54) is 6.92 Å². The fraction of sp³-hybridized carbons (Fsp3) is 0.786. The summed E-state index contributed by atoms with van der Waals surface area (Å²) in [6.07, 6.45) is -2.46. The molecule has 1 fully saturated rings. The van der Waals surface area contributed by atoms with E-state index in [1.807, 2.05) is 0 Å². The molecule has 0 bridgehead atoms. The quantitative estimate of drug-likeness (QED) is 0.589. The van der Waals surface area contributed by atoms with Crippen LogP contribution in [0.25, 0.3) is 0 Å². The number of hydrogen-bond donors (Lipinski definition) is 4. The van der Waals surface area contributed by atoms with Crippen LogP contribution in [0, 0.1) is 11.8 Å². The van der Waals surface area contributed by atoms with Gasteiger partial charge < -0.3 is 20.8 Å². The standard InChI is InChI=1S/C12H22N2O3.C2HF3O2/c1-8(10-3-5-13-6-4-10)7-11(15)14-9(2)12(16)17;3-2(4,5)1(6)7/h8-10,13H,3-7H2,1-2H3,(H,14,15)(H,16,17);(H,6,7). The van der Waals surface area contributed by atoms with Gasteiger partial charge in [-0.2, -0.15) is 13.2 Å². The third kappa shape index (κ3) is 9.33. The molecule has 4 N–H and O–H groups in total. The number of piperidine rings is 1. The van der Waals surface area contributed by atoms with Crippen LogP contribution in [-0.4, -0.2) is 53.4 Å². The molecule has 1 saturated heterocycles. The minimum atomic E-state index is -5.08. The molecule has 0 aromatic carbocycles. The van der Waals surface area contributed by atoms with E-state index in [0.29, 0.717) is 18.3 Å². The third-order valence-corrected chi connectivity index (χ3v) is 3.69. The van der Waals surface area contributed by atoms with Gasteiger partial charge in [0.1, 0.15) is 6.04 Å². The van der Waals surface area contributed by atoms with E-state index < -0.39 is 24.2 Å². The number of alkyl halides is 3. The topological polar surface area (TPSA) is 116 Å². The van der Waals surface area contributed by atoms with Crippen molar-refractivity contribution in [2.75, 3.05) is 13.1 Å². The Bertz CT molecular complexity index is 437. The summed E-state index contributed by atoms with van der Waals surface area (Å²) in [4.78, 5) is 31.1. The van der Waals surface area contributed by atoms with Crippen LogP contribution in [0.1, 0.15) is 33.1 Å². The number of carbonyl (C=O) groups excluding carboxylic acids is 1. The van der Waals surface area contributed by atoms with Gasteiger partial charge in [0, 0.05) is 6.42 Å². The molecule has 1 rings (SSSR count). The second kappa shape index (κ2) is 10.1. The Balaban J connectivity index is 0.000000640. The first-order valence-corrected chi connectivity index (χ1v) is 7.48. The second-order valence-corrected chi connectivity index (χ2v) is 5.70. The van der Waals surface area contributed by atoms with Gasteiger partial charge in [-0.1, -0.05) is 6.92 Å². The molecule has 7 nitrogen and oxygen atoms in total. The smallest absolute Gasteiger partial charge is 0.480 e. The van der Waals surface area contributed by atoms with E-state index in [0.717, 1.165) is 25.9 Å². The zero-order valence-corrected chi connectivity index (χ0v) is 13.5. The van der Waals surface area contributed by atoms with Crippen LogP contribution in [0.15, 0.2) is 0 Å². The van der Waals surface area contributed by atoms with Crippen LogP contribution in [0.3, 0.4) is 0 Å². The second-order valence-electron chi connectivity index (χ2n) is 5.70. The molecule has 2 unspecified atom stereocenters. The van der Waals surface area contributed by atoms with Gasteiger partial charge in [0.25, 0.3) is 0 Å². The van der Waals surface area contributed by atoms with Crippen molar-refractivity contribution < 1.29 is 37.8 Å². The van der Waals surface area contributed by atoms with Crippen molar-refractivity contribution in [1.29, 1.82) is 0 Å². The Morgan fingerprint density at radius 1 is 1.17 bits per heavy atom. The largest absolute Gasteiger partial charge is 0.490 e. The number of nitrogens with one attached hydrogen (secondary N) is 2. The van der Waals surface area contributed by atoms with Gasteiger partial charge in [0.05, 0.1) is 0 Å². The van der Waals surface area contributed by atoms with Crippen molar-refractivity contribution in [3.63, 3.8) is 0 Å². The molecular formula is C14H23F3N2O5. The number of amides is 1. The number of carboxylic acid groups (broad SMARTS) is 2. The van der Waals surface area contributed by atoms with Crippen LogP contribution in [0.4, 0.5) is 13.2 Å². The highest BCUT2D eigenvalue weighted by molar-refractivity contribution is 5.83. The number of carboxylic acids is 2. The van der Waals surface area contributed by atoms with Crippen molar-refractivity contribution in [3.8, 4) is 0 Å². The molecule has 10 heteroatoms. The Morgan fingerprint density at radius 2 is 1.62 bits per heavy atom. The number of rotatable bonds is 5. The average molecular weight is 356 g/mol. The predicted molar refractivity (Wildman–Crippen MR) is 78.3 cm³/mol. The van der Waals surface area contributed by atoms with E-state index >= 15 is 0 Å². The van der Waals surface area contributed by atoms with Crippen molar-refractivity contribution in [2.45, 2.75) is 45.3 Å². The molecule has 1 aliphatic rings. The highest BCUT2D eigenvalue weighted by Gasteiger charge is 2.38. The summed E-state index contributed by atoms with van der Waals surface area (Å²) in [5.74, 6) is -3.02. The first kappa shape index (κ1) is 22.2. The van der Waals surface area contributed by atoms with Crippen LogP contribution in [-0.2, 0) is 14.4 Å². The molecule has 24 heavy (non-hydrogen) atoms. The molecule has 0 aliphatic carbocycles. The molecule has 1 amide bonds. The average Bonchev–Trinajstić information content (AvgIpc) is 2.47. The van der Waals surface area contributed by atoms with Gasteiger partial charge in [-0.3, -0.25) is 9.59 Å². The molecule has 140 valence electrons. The van der Waals surface area contributed by atoms with E-state index in [4.69, 9.17) is 15.0 Å². The van der Waals surface area contributed by atoms with Gasteiger partial charge in [-0.15, -0.1) is 0 Å². The summed E-state index contributed by atoms with van der Waals surface area (Å²) >= 11 is 0. The maximum absolute atomic E-state index is 11.6. The van der Waals surface area contributed by atoms with Crippen LogP contribution < -0.4 is 10.6 Å². The summed E-state index contributed by atoms with van der Waals surface area (Å²) < 4.78 is 31.7. The molecule has 2 atom stereocenters. The minimum absolute atomic E-state index is 0.161. The van der Waals surface area contributed by atoms with Gasteiger partial charge in [0.15, 0.2) is 0 Å². The molecule has 0 spiro atoms. The number of halogens is 3. The molecule has 0 aromatic rings. The Hall–Kier alpha value is -1.84. The molecule has 0 radical (unpaired) electrons. The van der Waals surface area contributed by atoms with Crippen LogP contribution in [0.2, 0.25) is 0 Å². The summed E-state index contributed by atoms with van der Waals surface area (Å²) in [6.45, 7) is 5.58. The summed E-state index contributed by atoms with van der Waals surface area (Å²) in [6, 6.07) is -0.803. The van der Waals surface area contributed by atoms with Gasteiger partial charge in [-0.25, -0.2) is 4.79 Å². The molecule has 0 saturated carbocycles. The minimum Gasteiger partial charge on any atom is -0.480 e. The third-order valence-electron chi connectivity index (χ3n) is 3.69. The molecule has 1 aliphatic heterocycles. The lowest BCUT2D eigenvalue weighted by Crippen LogP contribution is -2.40. The Morgan fingerprint density at radius 3 is 2.00 bits per heavy atom. The zero-order chi connectivity index (χ0) is 18.9. The highest BCUT2D eigenvalue weighted by atomic mass is 19.4. The maximum atomic E-state index is 11.6. The lowest BCUT2D eigenvalue weighted by atomic mass is 9.84. The predicted octanol–water partition coefficient (Wildman–Crippen LogP) is 1.23. The highest BCUT2D eigenvalue weighted by Crippen LogP contribution is 2.24. The number of aliphatic carboxylic acids is 2. The van der Waals surface area contributed by atoms with E-state index in [1.54, 1.807) is 0 Å². The fourth-order valence-electron chi connectivity index (χ4n) is 2.23. The van der Waals surface area contributed by atoms with Crippen molar-refractivity contribution in [2.24, 2.45) is 11.8 Å². The lowest BCUT2D eigenvalue weighted by Gasteiger charge is -2.28. The lowest BCUT2D eigenvalue weighted by molar-refractivity contribution is -0.192. The summed E-state index contributed by atoms with van der Waals surface area (Å²) in [7, 11) is 0. The van der Waals surface area contributed by atoms with Gasteiger partial charge >= 0.3 is 18.1 Å². The van der Waals surface area contributed by atoms with E-state index in [2.05, 4.69) is 17.6 Å². The van der Waals surface area contributed by atoms with Crippen molar-refractivity contribution >= 4 is 17.8 Å². The number of hydrogen-bond acceptors (Lipinski definition) is 4. The first-order chi connectivity index (χ1) is 10.9. The van der Waals surface area contributed by atoms with Crippen molar-refractivity contribution in [1.82, 2.24) is 10.6 Å². The van der Waals surface area contributed by atoms with Gasteiger partial charge in [-0.05, 0) is 44.7 Å². The SMILES string of the molecule is CC(NC(=O)CC(C)C1CCNCC1)C(=O)O.O=C(O)C(F)(F)F. The van der Waals surface area contributed by atoms with Gasteiger partial charge in [0.2, 0.25) is 5.91 Å². The van der Waals surface area contributed by atoms with Crippen molar-refractivity contribution in [3.05, 3.63) is 0 Å². The Kier molecular flexibility index (Phi) is 9.34. The fourth-order valence-corrected chi connectivity index (χ4v) is 2.23. The molecular weight excluding hydrogens is 333 g/mol. The monoisotopic (exact) mass is 356 g/mol. The van der Waals surface area contributed by atoms with Crippen LogP contribution in [0.5, 0.6) is 0 Å². The molecule has 0 aromatic heterocycles. The number of carbonyl (C=O) groups is 3. The Labute approximate surface area is 137 Å². The summed E-state index contributed by atoms with van der Waals surface area (Å²) in [5.41, 5.74) is 0. The molecule has 1 heterocycles.